The number of hydrogen-bond donors (Lipinski definition) is 2. The zero-order valence-electron chi connectivity index (χ0n) is 17.1. The molecule has 162 valence electrons. The highest BCUT2D eigenvalue weighted by molar-refractivity contribution is 6.02. The number of ether oxygens (including phenoxy) is 1. The van der Waals surface area contributed by atoms with Crippen molar-refractivity contribution in [3.05, 3.63) is 47.9 Å². The summed E-state index contributed by atoms with van der Waals surface area (Å²) in [6.07, 6.45) is 2.46. The van der Waals surface area contributed by atoms with Gasteiger partial charge in [0, 0.05) is 24.6 Å². The van der Waals surface area contributed by atoms with Crippen LogP contribution in [0.15, 0.2) is 41.0 Å². The molecule has 2 N–H and O–H groups in total. The Morgan fingerprint density at radius 2 is 1.97 bits per heavy atom. The molecular weight excluding hydrogens is 402 g/mol. The number of furan rings is 1. The van der Waals surface area contributed by atoms with E-state index in [1.165, 1.54) is 12.3 Å². The SMILES string of the molecule is C[C@H](NC(=O)c1ccco1)C(=O)N1CCC(C(=O)c2ccc3c(c2)NC(=O)CO3)CC1. The number of nitrogens with zero attached hydrogens (tertiary/aromatic N) is 1. The predicted molar refractivity (Wildman–Crippen MR) is 110 cm³/mol. The highest BCUT2D eigenvalue weighted by atomic mass is 16.5. The third kappa shape index (κ3) is 4.45. The van der Waals surface area contributed by atoms with E-state index in [-0.39, 0.29) is 35.9 Å². The molecule has 2 aromatic rings. The fraction of sp³-hybridized carbons (Fsp3) is 0.364. The van der Waals surface area contributed by atoms with Crippen LogP contribution in [-0.2, 0) is 9.59 Å². The third-order valence-electron chi connectivity index (χ3n) is 5.54. The number of benzene rings is 1. The average Bonchev–Trinajstić information content (AvgIpc) is 3.33. The molecule has 4 rings (SSSR count). The summed E-state index contributed by atoms with van der Waals surface area (Å²) in [5, 5.41) is 5.34. The normalized spacial score (nSPS) is 17.2. The van der Waals surface area contributed by atoms with E-state index in [4.69, 9.17) is 9.15 Å². The Balaban J connectivity index is 1.32. The highest BCUT2D eigenvalue weighted by Gasteiger charge is 2.31. The summed E-state index contributed by atoms with van der Waals surface area (Å²) in [4.78, 5) is 50.9. The molecule has 1 aromatic carbocycles. The first kappa shape index (κ1) is 20.6. The van der Waals surface area contributed by atoms with Gasteiger partial charge in [-0.05, 0) is 50.1 Å². The van der Waals surface area contributed by atoms with Crippen LogP contribution < -0.4 is 15.4 Å². The first-order chi connectivity index (χ1) is 14.9. The molecule has 1 fully saturated rings. The summed E-state index contributed by atoms with van der Waals surface area (Å²) >= 11 is 0. The average molecular weight is 425 g/mol. The maximum atomic E-state index is 12.9. The Labute approximate surface area is 178 Å². The number of anilines is 1. The Morgan fingerprint density at radius 3 is 2.68 bits per heavy atom. The van der Waals surface area contributed by atoms with Gasteiger partial charge in [-0.25, -0.2) is 0 Å². The maximum Gasteiger partial charge on any atom is 0.287 e. The Hall–Kier alpha value is -3.62. The summed E-state index contributed by atoms with van der Waals surface area (Å²) in [5.41, 5.74) is 1.00. The molecule has 0 saturated carbocycles. The fourth-order valence-electron chi connectivity index (χ4n) is 3.85. The van der Waals surface area contributed by atoms with Crippen molar-refractivity contribution in [2.45, 2.75) is 25.8 Å². The van der Waals surface area contributed by atoms with E-state index in [1.54, 1.807) is 36.1 Å². The molecule has 0 radical (unpaired) electrons. The van der Waals surface area contributed by atoms with E-state index in [1.807, 2.05) is 0 Å². The minimum absolute atomic E-state index is 0.0195. The second-order valence-electron chi connectivity index (χ2n) is 7.68. The second-order valence-corrected chi connectivity index (χ2v) is 7.68. The fourth-order valence-corrected chi connectivity index (χ4v) is 3.85. The van der Waals surface area contributed by atoms with Crippen LogP contribution in [-0.4, -0.2) is 54.1 Å². The van der Waals surface area contributed by atoms with Gasteiger partial charge in [-0.2, -0.15) is 0 Å². The van der Waals surface area contributed by atoms with Crippen molar-refractivity contribution in [3.63, 3.8) is 0 Å². The number of hydrogen-bond acceptors (Lipinski definition) is 6. The summed E-state index contributed by atoms with van der Waals surface area (Å²) < 4.78 is 10.4. The molecule has 31 heavy (non-hydrogen) atoms. The lowest BCUT2D eigenvalue weighted by atomic mass is 9.88. The summed E-state index contributed by atoms with van der Waals surface area (Å²) in [6, 6.07) is 7.45. The van der Waals surface area contributed by atoms with Crippen molar-refractivity contribution in [1.29, 1.82) is 0 Å². The Morgan fingerprint density at radius 1 is 1.19 bits per heavy atom. The van der Waals surface area contributed by atoms with Gasteiger partial charge in [0.25, 0.3) is 11.8 Å². The van der Waals surface area contributed by atoms with Gasteiger partial charge in [0.2, 0.25) is 5.91 Å². The molecule has 0 bridgehead atoms. The molecule has 2 aliphatic rings. The number of ketones is 1. The van der Waals surface area contributed by atoms with Crippen molar-refractivity contribution in [2.24, 2.45) is 5.92 Å². The summed E-state index contributed by atoms with van der Waals surface area (Å²) in [6.45, 7) is 2.46. The van der Waals surface area contributed by atoms with Gasteiger partial charge in [0.15, 0.2) is 18.2 Å². The predicted octanol–water partition coefficient (Wildman–Crippen LogP) is 1.85. The van der Waals surface area contributed by atoms with E-state index in [2.05, 4.69) is 10.6 Å². The van der Waals surface area contributed by atoms with E-state index < -0.39 is 11.9 Å². The first-order valence-electron chi connectivity index (χ1n) is 10.2. The standard InChI is InChI=1S/C22H23N3O6/c1-13(23-21(28)18-3-2-10-30-18)22(29)25-8-6-14(7-9-25)20(27)15-4-5-17-16(11-15)24-19(26)12-31-17/h2-5,10-11,13-14H,6-9,12H2,1H3,(H,23,28)(H,24,26)/t13-/m0/s1. The van der Waals surface area contributed by atoms with Crippen LogP contribution in [0.3, 0.4) is 0 Å². The molecule has 0 spiro atoms. The molecule has 9 heteroatoms. The van der Waals surface area contributed by atoms with Gasteiger partial charge in [0.1, 0.15) is 11.8 Å². The molecular formula is C22H23N3O6. The lowest BCUT2D eigenvalue weighted by molar-refractivity contribution is -0.134. The van der Waals surface area contributed by atoms with Gasteiger partial charge in [0.05, 0.1) is 12.0 Å². The number of carbonyl (C=O) groups excluding carboxylic acids is 4. The number of carbonyl (C=O) groups is 4. The molecule has 1 atom stereocenters. The van der Waals surface area contributed by atoms with Gasteiger partial charge in [-0.15, -0.1) is 0 Å². The van der Waals surface area contributed by atoms with Crippen LogP contribution in [0.2, 0.25) is 0 Å². The number of piperidine rings is 1. The molecule has 3 amide bonds. The molecule has 9 nitrogen and oxygen atoms in total. The van der Waals surface area contributed by atoms with Crippen molar-refractivity contribution in [2.75, 3.05) is 25.0 Å². The zero-order chi connectivity index (χ0) is 22.0. The smallest absolute Gasteiger partial charge is 0.287 e. The van der Waals surface area contributed by atoms with E-state index in [0.717, 1.165) is 0 Å². The Kier molecular flexibility index (Phi) is 5.75. The van der Waals surface area contributed by atoms with Crippen molar-refractivity contribution in [3.8, 4) is 5.75 Å². The number of fused-ring (bicyclic) bond motifs is 1. The lowest BCUT2D eigenvalue weighted by Crippen LogP contribution is -2.49. The maximum absolute atomic E-state index is 12.9. The highest BCUT2D eigenvalue weighted by Crippen LogP contribution is 2.30. The van der Waals surface area contributed by atoms with Crippen LogP contribution in [0.5, 0.6) is 5.75 Å². The third-order valence-corrected chi connectivity index (χ3v) is 5.54. The number of Topliss-reactive ketones (excluding diaryl/α,β-unsaturated/α-hetero) is 1. The van der Waals surface area contributed by atoms with Crippen LogP contribution in [0.25, 0.3) is 0 Å². The molecule has 0 unspecified atom stereocenters. The second kappa shape index (κ2) is 8.63. The minimum atomic E-state index is -0.700. The van der Waals surface area contributed by atoms with Gasteiger partial charge in [-0.1, -0.05) is 0 Å². The van der Waals surface area contributed by atoms with Gasteiger partial charge < -0.3 is 24.7 Å². The number of likely N-dealkylation sites (tertiary alicyclic amines) is 1. The monoisotopic (exact) mass is 425 g/mol. The van der Waals surface area contributed by atoms with Crippen molar-refractivity contribution >= 4 is 29.2 Å². The van der Waals surface area contributed by atoms with Gasteiger partial charge >= 0.3 is 0 Å². The van der Waals surface area contributed by atoms with Crippen LogP contribution in [0, 0.1) is 5.92 Å². The van der Waals surface area contributed by atoms with E-state index >= 15 is 0 Å². The van der Waals surface area contributed by atoms with E-state index in [9.17, 15) is 19.2 Å². The zero-order valence-corrected chi connectivity index (χ0v) is 17.1. The number of nitrogens with one attached hydrogen (secondary N) is 2. The van der Waals surface area contributed by atoms with Gasteiger partial charge in [-0.3, -0.25) is 19.2 Å². The van der Waals surface area contributed by atoms with Crippen LogP contribution in [0.4, 0.5) is 5.69 Å². The molecule has 2 aliphatic heterocycles. The topological polar surface area (TPSA) is 118 Å². The quantitative estimate of drug-likeness (QED) is 0.706. The summed E-state index contributed by atoms with van der Waals surface area (Å²) in [5.74, 6) is -0.432. The molecule has 0 aliphatic carbocycles. The first-order valence-corrected chi connectivity index (χ1v) is 10.2. The molecule has 1 aromatic heterocycles. The number of rotatable bonds is 5. The molecule has 3 heterocycles. The van der Waals surface area contributed by atoms with Crippen LogP contribution in [0.1, 0.15) is 40.7 Å². The van der Waals surface area contributed by atoms with Crippen molar-refractivity contribution < 1.29 is 28.3 Å². The summed E-state index contributed by atoms with van der Waals surface area (Å²) in [7, 11) is 0. The van der Waals surface area contributed by atoms with Crippen molar-refractivity contribution in [1.82, 2.24) is 10.2 Å². The minimum Gasteiger partial charge on any atom is -0.482 e. The van der Waals surface area contributed by atoms with Crippen LogP contribution >= 0.6 is 0 Å². The lowest BCUT2D eigenvalue weighted by Gasteiger charge is -2.33. The largest absolute Gasteiger partial charge is 0.482 e. The Bertz CT molecular complexity index is 1010. The van der Waals surface area contributed by atoms with E-state index in [0.29, 0.717) is 42.9 Å². The number of amides is 3. The molecule has 1 saturated heterocycles.